The fourth-order valence-corrected chi connectivity index (χ4v) is 5.44. The zero-order valence-corrected chi connectivity index (χ0v) is 30.5. The molecule has 0 aromatic heterocycles. The van der Waals surface area contributed by atoms with Crippen LogP contribution in [0.2, 0.25) is 0 Å². The first-order valence-electron chi connectivity index (χ1n) is 17.1. The molecule has 0 unspecified atom stereocenters. The number of nitrogens with zero attached hydrogens (tertiary/aromatic N) is 2. The zero-order chi connectivity index (χ0) is 40.9. The van der Waals surface area contributed by atoms with Crippen LogP contribution in [0.3, 0.4) is 0 Å². The van der Waals surface area contributed by atoms with Crippen LogP contribution in [0.1, 0.15) is 38.3 Å². The smallest absolute Gasteiger partial charge is 0.342 e. The first-order valence-corrected chi connectivity index (χ1v) is 17.1. The second kappa shape index (κ2) is 19.9. The second-order valence-electron chi connectivity index (χ2n) is 12.2. The number of rotatable bonds is 18. The SMILES string of the molecule is CN=C(N)NCOc1cc(C(=O)O)cc(CCCN=C(N)N)c1O[C@H]1O[C@H](COC(=O)c2cc(OC)c(O)c(OCCc3ccccc3)c2O)[C@@H](O)[C@H](O)[C@H]1O. The van der Waals surface area contributed by atoms with Gasteiger partial charge in [-0.25, -0.2) is 9.59 Å². The van der Waals surface area contributed by atoms with Gasteiger partial charge < -0.3 is 81.6 Å². The molecule has 20 nitrogen and oxygen atoms in total. The predicted molar refractivity (Wildman–Crippen MR) is 198 cm³/mol. The summed E-state index contributed by atoms with van der Waals surface area (Å²) in [5.74, 6) is -4.84. The number of aliphatic imine (C=N–C) groups is 2. The number of aliphatic hydroxyl groups is 3. The Morgan fingerprint density at radius 3 is 2.30 bits per heavy atom. The van der Waals surface area contributed by atoms with Gasteiger partial charge in [-0.15, -0.1) is 0 Å². The number of carbonyl (C=O) groups is 2. The number of phenolic OH excluding ortho intramolecular Hbond substituents is 2. The Hall–Kier alpha value is -6.22. The van der Waals surface area contributed by atoms with Crippen LogP contribution in [0.25, 0.3) is 0 Å². The van der Waals surface area contributed by atoms with Crippen molar-refractivity contribution in [1.29, 1.82) is 0 Å². The minimum Gasteiger partial charge on any atom is -0.504 e. The van der Waals surface area contributed by atoms with Gasteiger partial charge >= 0.3 is 11.9 Å². The Kier molecular flexibility index (Phi) is 15.1. The molecule has 0 bridgehead atoms. The second-order valence-corrected chi connectivity index (χ2v) is 12.2. The van der Waals surface area contributed by atoms with E-state index < -0.39 is 72.1 Å². The standard InChI is InChI=1S/C36H46N6O14/c1-40-36(39)42-17-54-23-14-20(32(48)49)13-19(9-6-11-41-35(37)38)30(23)56-34-29(47)28(46)26(44)24(55-34)16-53-33(50)21-15-22(51-2)27(45)31(25(21)43)52-12-10-18-7-4-3-5-8-18/h3-5,7-8,13-15,24,26,28-29,34,43-47H,6,9-12,16-17H2,1-2H3,(H,48,49)(H4,37,38,41)(H3,39,40,42)/t24-,26-,28+,29-,34-/m1/s1. The number of aryl methyl sites for hydroxylation is 1. The number of aromatic hydroxyl groups is 2. The van der Waals surface area contributed by atoms with Gasteiger partial charge in [0.1, 0.15) is 36.6 Å². The first-order chi connectivity index (χ1) is 26.7. The number of carboxylic acid groups (broad SMARTS) is 1. The molecule has 56 heavy (non-hydrogen) atoms. The number of aromatic carboxylic acids is 1. The minimum absolute atomic E-state index is 0.00530. The molecule has 0 amide bonds. The molecule has 4 rings (SSSR count). The Bertz CT molecular complexity index is 1870. The lowest BCUT2D eigenvalue weighted by Gasteiger charge is -2.40. The fourth-order valence-electron chi connectivity index (χ4n) is 5.44. The van der Waals surface area contributed by atoms with Gasteiger partial charge in [-0.05, 0) is 36.1 Å². The maximum absolute atomic E-state index is 13.3. The van der Waals surface area contributed by atoms with Crippen molar-refractivity contribution in [1.82, 2.24) is 5.32 Å². The van der Waals surface area contributed by atoms with E-state index in [4.69, 9.17) is 45.6 Å². The summed E-state index contributed by atoms with van der Waals surface area (Å²) in [4.78, 5) is 33.0. The van der Waals surface area contributed by atoms with Gasteiger partial charge in [-0.2, -0.15) is 0 Å². The highest BCUT2D eigenvalue weighted by Gasteiger charge is 2.46. The van der Waals surface area contributed by atoms with Gasteiger partial charge in [0.15, 0.2) is 41.6 Å². The van der Waals surface area contributed by atoms with E-state index in [1.807, 2.05) is 30.3 Å². The molecule has 1 saturated heterocycles. The van der Waals surface area contributed by atoms with E-state index >= 15 is 0 Å². The van der Waals surface area contributed by atoms with Gasteiger partial charge in [0, 0.05) is 26.1 Å². The normalized spacial score (nSPS) is 19.4. The minimum atomic E-state index is -1.90. The topological polar surface area (TPSA) is 326 Å². The van der Waals surface area contributed by atoms with Gasteiger partial charge in [0.2, 0.25) is 17.8 Å². The monoisotopic (exact) mass is 786 g/mol. The van der Waals surface area contributed by atoms with E-state index in [2.05, 4.69) is 15.3 Å². The number of hydrogen-bond donors (Lipinski definition) is 10. The molecule has 1 heterocycles. The molecular formula is C36H46N6O14. The summed E-state index contributed by atoms with van der Waals surface area (Å²) in [6.07, 6.45) is -8.06. The molecule has 304 valence electrons. The van der Waals surface area contributed by atoms with E-state index in [0.29, 0.717) is 12.8 Å². The first kappa shape index (κ1) is 42.5. The third-order valence-corrected chi connectivity index (χ3v) is 8.39. The number of esters is 1. The summed E-state index contributed by atoms with van der Waals surface area (Å²) in [7, 11) is 2.65. The van der Waals surface area contributed by atoms with Crippen LogP contribution in [0.5, 0.6) is 34.5 Å². The molecule has 1 fully saturated rings. The molecule has 0 spiro atoms. The number of ether oxygens (including phenoxy) is 6. The Balaban J connectivity index is 1.57. The number of nitrogens with one attached hydrogen (secondary N) is 1. The van der Waals surface area contributed by atoms with Crippen LogP contribution in [0.4, 0.5) is 0 Å². The lowest BCUT2D eigenvalue weighted by Crippen LogP contribution is -2.60. The van der Waals surface area contributed by atoms with Gasteiger partial charge in [-0.1, -0.05) is 30.3 Å². The van der Waals surface area contributed by atoms with Gasteiger partial charge in [0.05, 0.1) is 19.3 Å². The van der Waals surface area contributed by atoms with E-state index in [9.17, 15) is 40.2 Å². The number of carboxylic acids is 1. The van der Waals surface area contributed by atoms with E-state index in [1.165, 1.54) is 20.2 Å². The quantitative estimate of drug-likeness (QED) is 0.0256. The third kappa shape index (κ3) is 10.9. The summed E-state index contributed by atoms with van der Waals surface area (Å²) < 4.78 is 33.7. The van der Waals surface area contributed by atoms with Crippen molar-refractivity contribution in [2.75, 3.05) is 40.6 Å². The maximum atomic E-state index is 13.3. The highest BCUT2D eigenvalue weighted by molar-refractivity contribution is 5.95. The van der Waals surface area contributed by atoms with Crippen molar-refractivity contribution in [3.8, 4) is 34.5 Å². The maximum Gasteiger partial charge on any atom is 0.342 e. The summed E-state index contributed by atoms with van der Waals surface area (Å²) in [6.45, 7) is -0.885. The number of hydrogen-bond acceptors (Lipinski definition) is 15. The summed E-state index contributed by atoms with van der Waals surface area (Å²) >= 11 is 0. The Morgan fingerprint density at radius 1 is 0.911 bits per heavy atom. The van der Waals surface area contributed by atoms with Crippen LogP contribution in [0.15, 0.2) is 58.5 Å². The van der Waals surface area contributed by atoms with Crippen LogP contribution >= 0.6 is 0 Å². The van der Waals surface area contributed by atoms with E-state index in [1.54, 1.807) is 0 Å². The predicted octanol–water partition coefficient (Wildman–Crippen LogP) is -0.454. The number of guanidine groups is 2. The number of aliphatic hydroxyl groups excluding tert-OH is 3. The molecule has 13 N–H and O–H groups in total. The highest BCUT2D eigenvalue weighted by atomic mass is 16.7. The average Bonchev–Trinajstić information content (AvgIpc) is 3.18. The number of methoxy groups -OCH3 is 1. The lowest BCUT2D eigenvalue weighted by molar-refractivity contribution is -0.277. The number of phenols is 2. The summed E-state index contributed by atoms with van der Waals surface area (Å²) in [6, 6.07) is 12.7. The Labute approximate surface area is 320 Å². The largest absolute Gasteiger partial charge is 0.504 e. The van der Waals surface area contributed by atoms with Crippen LogP contribution < -0.4 is 41.5 Å². The van der Waals surface area contributed by atoms with E-state index in [-0.39, 0.29) is 66.6 Å². The van der Waals surface area contributed by atoms with Crippen molar-refractivity contribution >= 4 is 23.9 Å². The van der Waals surface area contributed by atoms with E-state index in [0.717, 1.165) is 17.7 Å². The van der Waals surface area contributed by atoms with Crippen molar-refractivity contribution in [2.24, 2.45) is 27.2 Å². The van der Waals surface area contributed by atoms with Crippen molar-refractivity contribution < 1.29 is 68.6 Å². The van der Waals surface area contributed by atoms with Gasteiger partial charge in [-0.3, -0.25) is 9.98 Å². The highest BCUT2D eigenvalue weighted by Crippen LogP contribution is 2.46. The van der Waals surface area contributed by atoms with Crippen molar-refractivity contribution in [2.45, 2.75) is 50.0 Å². The summed E-state index contributed by atoms with van der Waals surface area (Å²) in [5, 5.41) is 66.6. The average molecular weight is 787 g/mol. The summed E-state index contributed by atoms with van der Waals surface area (Å²) in [5.41, 5.74) is 17.0. The lowest BCUT2D eigenvalue weighted by atomic mass is 9.99. The molecule has 1 aliphatic heterocycles. The van der Waals surface area contributed by atoms with Crippen LogP contribution in [-0.2, 0) is 22.3 Å². The van der Waals surface area contributed by atoms with Crippen molar-refractivity contribution in [3.05, 3.63) is 70.8 Å². The number of nitrogens with two attached hydrogens (primary N) is 3. The van der Waals surface area contributed by atoms with Gasteiger partial charge in [0.25, 0.3) is 0 Å². The third-order valence-electron chi connectivity index (χ3n) is 8.39. The van der Waals surface area contributed by atoms with Crippen LogP contribution in [0, 0.1) is 0 Å². The fraction of sp³-hybridized carbons (Fsp3) is 0.389. The molecular weight excluding hydrogens is 740 g/mol. The molecule has 3 aromatic carbocycles. The molecule has 0 aliphatic carbocycles. The zero-order valence-electron chi connectivity index (χ0n) is 30.5. The molecule has 0 radical (unpaired) electrons. The molecule has 20 heteroatoms. The number of benzene rings is 3. The molecule has 3 aromatic rings. The molecule has 5 atom stereocenters. The molecule has 1 aliphatic rings. The Morgan fingerprint density at radius 2 is 1.64 bits per heavy atom. The number of carbonyl (C=O) groups excluding carboxylic acids is 1. The van der Waals surface area contributed by atoms with Crippen molar-refractivity contribution in [3.63, 3.8) is 0 Å². The molecule has 0 saturated carbocycles. The van der Waals surface area contributed by atoms with Crippen LogP contribution in [-0.4, -0.2) is 126 Å².